The second kappa shape index (κ2) is 9.19. The summed E-state index contributed by atoms with van der Waals surface area (Å²) in [4.78, 5) is 27.7. The summed E-state index contributed by atoms with van der Waals surface area (Å²) in [6.45, 7) is 5.23. The van der Waals surface area contributed by atoms with E-state index in [1.165, 1.54) is 22.5 Å². The van der Waals surface area contributed by atoms with Crippen molar-refractivity contribution in [2.45, 2.75) is 38.5 Å². The number of nitrogens with one attached hydrogen (secondary N) is 2. The predicted octanol–water partition coefficient (Wildman–Crippen LogP) is 2.99. The summed E-state index contributed by atoms with van der Waals surface area (Å²) < 4.78 is 46.7. The van der Waals surface area contributed by atoms with Crippen molar-refractivity contribution in [1.82, 2.24) is 9.29 Å². The number of aryl methyl sites for hydroxylation is 2. The number of para-hydroxylation sites is 1. The number of benzene rings is 1. The number of aromatic nitrogens is 1. The number of amides is 1. The Kier molecular flexibility index (Phi) is 6.80. The van der Waals surface area contributed by atoms with Crippen LogP contribution in [0.2, 0.25) is 0 Å². The van der Waals surface area contributed by atoms with Gasteiger partial charge in [0, 0.05) is 30.4 Å². The van der Waals surface area contributed by atoms with Crippen molar-refractivity contribution < 1.29 is 27.1 Å². The van der Waals surface area contributed by atoms with Gasteiger partial charge >= 0.3 is 5.97 Å². The molecule has 1 amide bonds. The molecule has 168 valence electrons. The van der Waals surface area contributed by atoms with Gasteiger partial charge in [-0.15, -0.1) is 0 Å². The largest absolute Gasteiger partial charge is 0.462 e. The van der Waals surface area contributed by atoms with Crippen LogP contribution in [0.3, 0.4) is 0 Å². The van der Waals surface area contributed by atoms with Crippen molar-refractivity contribution >= 4 is 27.6 Å². The highest BCUT2D eigenvalue weighted by molar-refractivity contribution is 7.89. The molecule has 1 aromatic heterocycles. The summed E-state index contributed by atoms with van der Waals surface area (Å²) in [7, 11) is -3.97. The quantitative estimate of drug-likeness (QED) is 0.657. The fraction of sp³-hybridized carbons (Fsp3) is 0.429. The van der Waals surface area contributed by atoms with Gasteiger partial charge < -0.3 is 15.0 Å². The minimum atomic E-state index is -3.97. The molecule has 1 saturated heterocycles. The number of hydrogen-bond acceptors (Lipinski definition) is 5. The van der Waals surface area contributed by atoms with Gasteiger partial charge in [0.25, 0.3) is 0 Å². The highest BCUT2D eigenvalue weighted by atomic mass is 32.2. The zero-order chi connectivity index (χ0) is 22.8. The SMILES string of the molecule is CCOC(=O)c1c(C)[nH]c(C)c1S(=O)(=O)N1CCC(C(=O)Nc2ccccc2F)CC1. The Morgan fingerprint density at radius 3 is 2.45 bits per heavy atom. The number of sulfonamides is 1. The number of hydrogen-bond donors (Lipinski definition) is 2. The van der Waals surface area contributed by atoms with E-state index in [4.69, 9.17) is 4.74 Å². The number of piperidine rings is 1. The standard InChI is InChI=1S/C21H26FN3O5S/c1-4-30-21(27)18-13(2)23-14(3)19(18)31(28,29)25-11-9-15(10-12-25)20(26)24-17-8-6-5-7-16(17)22/h5-8,15,23H,4,9-12H2,1-3H3,(H,24,26). The number of esters is 1. The molecule has 1 aromatic carbocycles. The summed E-state index contributed by atoms with van der Waals surface area (Å²) in [5, 5.41) is 2.57. The lowest BCUT2D eigenvalue weighted by molar-refractivity contribution is -0.120. The Morgan fingerprint density at radius 1 is 1.19 bits per heavy atom. The number of carbonyl (C=O) groups is 2. The number of carbonyl (C=O) groups excluding carboxylic acids is 2. The Morgan fingerprint density at radius 2 is 1.84 bits per heavy atom. The summed E-state index contributed by atoms with van der Waals surface area (Å²) in [5.41, 5.74) is 0.896. The van der Waals surface area contributed by atoms with Crippen LogP contribution < -0.4 is 5.32 Å². The monoisotopic (exact) mass is 451 g/mol. The lowest BCUT2D eigenvalue weighted by Gasteiger charge is -2.30. The van der Waals surface area contributed by atoms with Gasteiger partial charge in [-0.3, -0.25) is 4.79 Å². The van der Waals surface area contributed by atoms with E-state index in [0.29, 0.717) is 11.4 Å². The van der Waals surface area contributed by atoms with Crippen LogP contribution in [0.1, 0.15) is 41.5 Å². The molecule has 31 heavy (non-hydrogen) atoms. The highest BCUT2D eigenvalue weighted by Crippen LogP contribution is 2.31. The van der Waals surface area contributed by atoms with Gasteiger partial charge in [0.05, 0.1) is 12.3 Å². The fourth-order valence-corrected chi connectivity index (χ4v) is 5.70. The molecule has 0 radical (unpaired) electrons. The molecule has 0 spiro atoms. The fourth-order valence-electron chi connectivity index (χ4n) is 3.81. The van der Waals surface area contributed by atoms with Crippen molar-refractivity contribution in [2.24, 2.45) is 5.92 Å². The zero-order valence-corrected chi connectivity index (χ0v) is 18.5. The highest BCUT2D eigenvalue weighted by Gasteiger charge is 2.37. The molecule has 8 nitrogen and oxygen atoms in total. The van der Waals surface area contributed by atoms with E-state index in [0.717, 1.165) is 0 Å². The average Bonchev–Trinajstić information content (AvgIpc) is 3.04. The number of ether oxygens (including phenoxy) is 1. The molecular formula is C21H26FN3O5S. The summed E-state index contributed by atoms with van der Waals surface area (Å²) in [6.07, 6.45) is 0.577. The number of nitrogens with zero attached hydrogens (tertiary/aromatic N) is 1. The molecule has 1 aliphatic heterocycles. The first kappa shape index (κ1) is 23.0. The number of H-pyrrole nitrogens is 1. The number of halogens is 1. The van der Waals surface area contributed by atoms with Gasteiger partial charge in [-0.1, -0.05) is 12.1 Å². The molecular weight excluding hydrogens is 425 g/mol. The Balaban J connectivity index is 1.74. The molecule has 2 N–H and O–H groups in total. The maximum absolute atomic E-state index is 13.8. The van der Waals surface area contributed by atoms with E-state index in [-0.39, 0.29) is 54.6 Å². The smallest absolute Gasteiger partial charge is 0.341 e. The Hall–Kier alpha value is -2.72. The first-order valence-electron chi connectivity index (χ1n) is 10.1. The third-order valence-electron chi connectivity index (χ3n) is 5.35. The predicted molar refractivity (Wildman–Crippen MR) is 113 cm³/mol. The second-order valence-electron chi connectivity index (χ2n) is 7.45. The normalized spacial score (nSPS) is 15.6. The molecule has 2 heterocycles. The van der Waals surface area contributed by atoms with Crippen molar-refractivity contribution in [3.8, 4) is 0 Å². The maximum Gasteiger partial charge on any atom is 0.341 e. The second-order valence-corrected chi connectivity index (χ2v) is 9.32. The summed E-state index contributed by atoms with van der Waals surface area (Å²) in [6, 6.07) is 5.88. The van der Waals surface area contributed by atoms with Crippen LogP contribution in [0, 0.1) is 25.6 Å². The molecule has 1 fully saturated rings. The molecule has 2 aromatic rings. The van der Waals surface area contributed by atoms with E-state index >= 15 is 0 Å². The van der Waals surface area contributed by atoms with Crippen LogP contribution >= 0.6 is 0 Å². The third kappa shape index (κ3) is 4.64. The first-order chi connectivity index (χ1) is 14.7. The number of anilines is 1. The third-order valence-corrected chi connectivity index (χ3v) is 7.42. The van der Waals surface area contributed by atoms with Crippen molar-refractivity contribution in [2.75, 3.05) is 25.0 Å². The van der Waals surface area contributed by atoms with Crippen LogP contribution in [0.25, 0.3) is 0 Å². The summed E-state index contributed by atoms with van der Waals surface area (Å²) >= 11 is 0. The van der Waals surface area contributed by atoms with E-state index in [9.17, 15) is 22.4 Å². The number of rotatable bonds is 6. The van der Waals surface area contributed by atoms with Crippen LogP contribution in [0.15, 0.2) is 29.2 Å². The van der Waals surface area contributed by atoms with Crippen LogP contribution in [-0.2, 0) is 19.6 Å². The topological polar surface area (TPSA) is 109 Å². The molecule has 10 heteroatoms. The van der Waals surface area contributed by atoms with Crippen molar-refractivity contribution in [3.63, 3.8) is 0 Å². The first-order valence-corrected chi connectivity index (χ1v) is 11.5. The minimum absolute atomic E-state index is 0.0127. The van der Waals surface area contributed by atoms with Gasteiger partial charge in [-0.05, 0) is 45.7 Å². The average molecular weight is 452 g/mol. The van der Waals surface area contributed by atoms with Gasteiger partial charge in [-0.25, -0.2) is 17.6 Å². The Bertz CT molecular complexity index is 1090. The molecule has 0 unspecified atom stereocenters. The molecule has 0 atom stereocenters. The van der Waals surface area contributed by atoms with Gasteiger partial charge in [-0.2, -0.15) is 4.31 Å². The van der Waals surface area contributed by atoms with Crippen molar-refractivity contribution in [1.29, 1.82) is 0 Å². The van der Waals surface area contributed by atoms with Gasteiger partial charge in [0.15, 0.2) is 0 Å². The minimum Gasteiger partial charge on any atom is -0.462 e. The molecule has 0 saturated carbocycles. The maximum atomic E-state index is 13.8. The van der Waals surface area contributed by atoms with Gasteiger partial charge in [0.2, 0.25) is 15.9 Å². The van der Waals surface area contributed by atoms with Crippen molar-refractivity contribution in [3.05, 3.63) is 47.0 Å². The lowest BCUT2D eigenvalue weighted by atomic mass is 9.97. The van der Waals surface area contributed by atoms with E-state index in [1.54, 1.807) is 26.8 Å². The van der Waals surface area contributed by atoms with Crippen LogP contribution in [-0.4, -0.2) is 49.3 Å². The van der Waals surface area contributed by atoms with E-state index in [2.05, 4.69) is 10.3 Å². The number of aromatic amines is 1. The molecule has 0 aliphatic carbocycles. The Labute approximate surface area is 180 Å². The van der Waals surface area contributed by atoms with Gasteiger partial charge in [0.1, 0.15) is 16.3 Å². The molecule has 1 aliphatic rings. The molecule has 3 rings (SSSR count). The zero-order valence-electron chi connectivity index (χ0n) is 17.7. The van der Waals surface area contributed by atoms with Crippen LogP contribution in [0.5, 0.6) is 0 Å². The summed E-state index contributed by atoms with van der Waals surface area (Å²) in [5.74, 6) is -2.00. The van der Waals surface area contributed by atoms with Crippen LogP contribution in [0.4, 0.5) is 10.1 Å². The lowest BCUT2D eigenvalue weighted by Crippen LogP contribution is -2.42. The van der Waals surface area contributed by atoms with E-state index < -0.39 is 27.7 Å². The van der Waals surface area contributed by atoms with E-state index in [1.807, 2.05) is 0 Å². The molecule has 0 bridgehead atoms.